The lowest BCUT2D eigenvalue weighted by Gasteiger charge is -2.19. The first kappa shape index (κ1) is 18.7. The molecule has 1 aromatic heterocycles. The average molecular weight is 365 g/mol. The van der Waals surface area contributed by atoms with E-state index in [-0.39, 0.29) is 23.7 Å². The van der Waals surface area contributed by atoms with Crippen LogP contribution >= 0.6 is 0 Å². The van der Waals surface area contributed by atoms with Gasteiger partial charge in [-0.05, 0) is 32.9 Å². The highest BCUT2D eigenvalue weighted by molar-refractivity contribution is 5.83. The molecular formula is C22H23NO4. The molecule has 3 rings (SSSR count). The van der Waals surface area contributed by atoms with Gasteiger partial charge in [0.2, 0.25) is 11.2 Å². The van der Waals surface area contributed by atoms with Crippen LogP contribution in [0.5, 0.6) is 5.75 Å². The lowest BCUT2D eigenvalue weighted by molar-refractivity contribution is -0.132. The van der Waals surface area contributed by atoms with Gasteiger partial charge in [-0.25, -0.2) is 0 Å². The van der Waals surface area contributed by atoms with Crippen molar-refractivity contribution in [2.75, 3.05) is 19.7 Å². The second kappa shape index (κ2) is 8.08. The van der Waals surface area contributed by atoms with Crippen LogP contribution < -0.4 is 10.2 Å². The van der Waals surface area contributed by atoms with Crippen LogP contribution in [0, 0.1) is 6.92 Å². The number of carbonyl (C=O) groups is 1. The third-order valence-corrected chi connectivity index (χ3v) is 4.53. The molecule has 0 saturated heterocycles. The van der Waals surface area contributed by atoms with Crippen LogP contribution in [0.15, 0.2) is 57.7 Å². The number of amides is 1. The van der Waals surface area contributed by atoms with Crippen molar-refractivity contribution in [1.82, 2.24) is 4.90 Å². The predicted molar refractivity (Wildman–Crippen MR) is 106 cm³/mol. The zero-order valence-electron chi connectivity index (χ0n) is 15.8. The van der Waals surface area contributed by atoms with Crippen LogP contribution in [-0.2, 0) is 4.79 Å². The van der Waals surface area contributed by atoms with E-state index in [1.807, 2.05) is 51.1 Å². The van der Waals surface area contributed by atoms with E-state index in [1.54, 1.807) is 23.1 Å². The molecule has 3 aromatic rings. The maximum absolute atomic E-state index is 13.0. The van der Waals surface area contributed by atoms with Gasteiger partial charge in [0, 0.05) is 18.7 Å². The van der Waals surface area contributed by atoms with E-state index in [0.717, 1.165) is 11.1 Å². The molecule has 0 aliphatic carbocycles. The van der Waals surface area contributed by atoms with Gasteiger partial charge in [0.15, 0.2) is 12.4 Å². The molecule has 27 heavy (non-hydrogen) atoms. The molecule has 1 amide bonds. The Labute approximate surface area is 158 Å². The van der Waals surface area contributed by atoms with Crippen molar-refractivity contribution in [2.45, 2.75) is 20.8 Å². The van der Waals surface area contributed by atoms with Crippen molar-refractivity contribution in [2.24, 2.45) is 0 Å². The molecule has 0 aliphatic heterocycles. The number of aryl methyl sites for hydroxylation is 1. The lowest BCUT2D eigenvalue weighted by atomic mass is 10.1. The Morgan fingerprint density at radius 1 is 1.04 bits per heavy atom. The molecule has 0 unspecified atom stereocenters. The molecule has 1 heterocycles. The van der Waals surface area contributed by atoms with Crippen molar-refractivity contribution in [3.05, 3.63) is 64.3 Å². The highest BCUT2D eigenvalue weighted by atomic mass is 16.5. The summed E-state index contributed by atoms with van der Waals surface area (Å²) in [6.07, 6.45) is 0. The summed E-state index contributed by atoms with van der Waals surface area (Å²) in [5.41, 5.74) is 2.04. The normalized spacial score (nSPS) is 10.8. The standard InChI is InChI=1S/C22H23NO4/c1-4-23(5-2)19(24)14-26-22-20(25)17-8-6-7-9-18(17)27-21(22)16-12-10-15(3)11-13-16/h6-13H,4-5,14H2,1-3H3. The minimum Gasteiger partial charge on any atom is -0.476 e. The molecule has 0 saturated carbocycles. The minimum atomic E-state index is -0.278. The highest BCUT2D eigenvalue weighted by Crippen LogP contribution is 2.31. The summed E-state index contributed by atoms with van der Waals surface area (Å²) in [5.74, 6) is 0.242. The van der Waals surface area contributed by atoms with Gasteiger partial charge < -0.3 is 14.1 Å². The Balaban J connectivity index is 2.07. The number of likely N-dealkylation sites (N-methyl/N-ethyl adjacent to an activating group) is 1. The third kappa shape index (κ3) is 3.87. The fraction of sp³-hybridized carbons (Fsp3) is 0.273. The number of nitrogens with zero attached hydrogens (tertiary/aromatic N) is 1. The first-order valence-corrected chi connectivity index (χ1v) is 9.08. The highest BCUT2D eigenvalue weighted by Gasteiger charge is 2.19. The van der Waals surface area contributed by atoms with Crippen LogP contribution in [-0.4, -0.2) is 30.5 Å². The SMILES string of the molecule is CCN(CC)C(=O)COc1c(-c2ccc(C)cc2)oc2ccccc2c1=O. The number of hydrogen-bond donors (Lipinski definition) is 0. The van der Waals surface area contributed by atoms with Crippen molar-refractivity contribution < 1.29 is 13.9 Å². The number of ether oxygens (including phenoxy) is 1. The monoisotopic (exact) mass is 365 g/mol. The van der Waals surface area contributed by atoms with E-state index in [1.165, 1.54) is 0 Å². The number of para-hydroxylation sites is 1. The largest absolute Gasteiger partial charge is 0.476 e. The van der Waals surface area contributed by atoms with Crippen LogP contribution in [0.25, 0.3) is 22.3 Å². The predicted octanol–water partition coefficient (Wildman–Crippen LogP) is 4.02. The molecule has 0 spiro atoms. The quantitative estimate of drug-likeness (QED) is 0.662. The lowest BCUT2D eigenvalue weighted by Crippen LogP contribution is -2.35. The van der Waals surface area contributed by atoms with E-state index >= 15 is 0 Å². The van der Waals surface area contributed by atoms with E-state index in [0.29, 0.717) is 29.8 Å². The van der Waals surface area contributed by atoms with Crippen LogP contribution in [0.1, 0.15) is 19.4 Å². The molecule has 0 N–H and O–H groups in total. The molecule has 0 radical (unpaired) electrons. The molecule has 0 fully saturated rings. The summed E-state index contributed by atoms with van der Waals surface area (Å²) >= 11 is 0. The second-order valence-electron chi connectivity index (χ2n) is 6.31. The smallest absolute Gasteiger partial charge is 0.260 e. The Bertz CT molecular complexity index is 1000. The molecule has 140 valence electrons. The van der Waals surface area contributed by atoms with Gasteiger partial charge in [-0.2, -0.15) is 0 Å². The van der Waals surface area contributed by atoms with E-state index in [4.69, 9.17) is 9.15 Å². The molecule has 0 bridgehead atoms. The van der Waals surface area contributed by atoms with Crippen molar-refractivity contribution in [3.8, 4) is 17.1 Å². The first-order chi connectivity index (χ1) is 13.0. The van der Waals surface area contributed by atoms with Crippen molar-refractivity contribution >= 4 is 16.9 Å². The van der Waals surface area contributed by atoms with Crippen LogP contribution in [0.3, 0.4) is 0 Å². The van der Waals surface area contributed by atoms with Crippen LogP contribution in [0.4, 0.5) is 0 Å². The van der Waals surface area contributed by atoms with E-state index in [9.17, 15) is 9.59 Å². The summed E-state index contributed by atoms with van der Waals surface area (Å²) in [4.78, 5) is 27.0. The Morgan fingerprint density at radius 2 is 1.70 bits per heavy atom. The molecular weight excluding hydrogens is 342 g/mol. The van der Waals surface area contributed by atoms with E-state index < -0.39 is 0 Å². The summed E-state index contributed by atoms with van der Waals surface area (Å²) in [7, 11) is 0. The van der Waals surface area contributed by atoms with Crippen molar-refractivity contribution in [1.29, 1.82) is 0 Å². The number of rotatable bonds is 6. The van der Waals surface area contributed by atoms with Crippen molar-refractivity contribution in [3.63, 3.8) is 0 Å². The summed E-state index contributed by atoms with van der Waals surface area (Å²) in [6.45, 7) is 6.78. The van der Waals surface area contributed by atoms with Gasteiger partial charge in [-0.3, -0.25) is 9.59 Å². The minimum absolute atomic E-state index is 0.0676. The fourth-order valence-corrected chi connectivity index (χ4v) is 2.95. The molecule has 5 heteroatoms. The van der Waals surface area contributed by atoms with Crippen LogP contribution in [0.2, 0.25) is 0 Å². The van der Waals surface area contributed by atoms with Gasteiger partial charge in [0.05, 0.1) is 5.39 Å². The number of hydrogen-bond acceptors (Lipinski definition) is 4. The first-order valence-electron chi connectivity index (χ1n) is 9.08. The maximum atomic E-state index is 13.0. The van der Waals surface area contributed by atoms with E-state index in [2.05, 4.69) is 0 Å². The van der Waals surface area contributed by atoms with Gasteiger partial charge >= 0.3 is 0 Å². The molecule has 0 aliphatic rings. The Kier molecular flexibility index (Phi) is 5.60. The summed E-state index contributed by atoms with van der Waals surface area (Å²) < 4.78 is 11.7. The number of benzene rings is 2. The topological polar surface area (TPSA) is 59.8 Å². The third-order valence-electron chi connectivity index (χ3n) is 4.53. The Morgan fingerprint density at radius 3 is 2.37 bits per heavy atom. The summed E-state index contributed by atoms with van der Waals surface area (Å²) in [5, 5.41) is 0.429. The summed E-state index contributed by atoms with van der Waals surface area (Å²) in [6, 6.07) is 14.7. The van der Waals surface area contributed by atoms with Gasteiger partial charge in [0.25, 0.3) is 5.91 Å². The molecule has 2 aromatic carbocycles. The molecule has 0 atom stereocenters. The van der Waals surface area contributed by atoms with Gasteiger partial charge in [-0.15, -0.1) is 0 Å². The molecule has 5 nitrogen and oxygen atoms in total. The maximum Gasteiger partial charge on any atom is 0.260 e. The second-order valence-corrected chi connectivity index (χ2v) is 6.31. The fourth-order valence-electron chi connectivity index (χ4n) is 2.95. The Hall–Kier alpha value is -3.08. The zero-order chi connectivity index (χ0) is 19.4. The van der Waals surface area contributed by atoms with Gasteiger partial charge in [0.1, 0.15) is 5.58 Å². The zero-order valence-corrected chi connectivity index (χ0v) is 15.8. The number of fused-ring (bicyclic) bond motifs is 1. The number of carbonyl (C=O) groups excluding carboxylic acids is 1. The van der Waals surface area contributed by atoms with Gasteiger partial charge in [-0.1, -0.05) is 42.0 Å². The average Bonchev–Trinajstić information content (AvgIpc) is 2.69.